The number of hydrogen-bond donors (Lipinski definition) is 3. The molecule has 0 aliphatic carbocycles. The monoisotopic (exact) mass is 475 g/mol. The maximum Gasteiger partial charge on any atom is 0.320 e. The first-order chi connectivity index (χ1) is 16.1. The fraction of sp³-hybridized carbons (Fsp3) is 0.174. The normalized spacial score (nSPS) is 11.8. The van der Waals surface area contributed by atoms with Crippen molar-refractivity contribution in [1.82, 2.24) is 4.57 Å². The standard InChI is InChI=1S/C23H20F3N3O5/c24-13-5-3-12(4-6-13)21(31)15-7-8-19(30)29(22(15)28)20-16(25)10-14(11-17(20)26)34-9-1-2-18(27)23(32)33/h3-8,10-11,18H,1-2,9,27-28H2,(H,32,33)/t18-/m0/s1. The van der Waals surface area contributed by atoms with E-state index in [2.05, 4.69) is 0 Å². The predicted octanol–water partition coefficient (Wildman–Crippen LogP) is 2.64. The Labute approximate surface area is 191 Å². The van der Waals surface area contributed by atoms with Crippen LogP contribution < -0.4 is 21.8 Å². The molecule has 0 aliphatic rings. The number of nitrogens with zero attached hydrogens (tertiary/aromatic N) is 1. The molecule has 0 radical (unpaired) electrons. The van der Waals surface area contributed by atoms with Crippen molar-refractivity contribution < 1.29 is 32.6 Å². The highest BCUT2D eigenvalue weighted by Gasteiger charge is 2.22. The zero-order valence-electron chi connectivity index (χ0n) is 17.6. The van der Waals surface area contributed by atoms with Gasteiger partial charge in [-0.2, -0.15) is 0 Å². The highest BCUT2D eigenvalue weighted by molar-refractivity contribution is 6.11. The molecule has 0 aliphatic heterocycles. The van der Waals surface area contributed by atoms with Crippen LogP contribution in [0, 0.1) is 17.5 Å². The summed E-state index contributed by atoms with van der Waals surface area (Å²) in [6, 6.07) is 7.17. The summed E-state index contributed by atoms with van der Waals surface area (Å²) < 4.78 is 48.6. The fourth-order valence-electron chi connectivity index (χ4n) is 3.19. The molecule has 0 amide bonds. The molecule has 11 heteroatoms. The second kappa shape index (κ2) is 10.2. The molecule has 0 bridgehead atoms. The zero-order chi connectivity index (χ0) is 25.0. The lowest BCUT2D eigenvalue weighted by molar-refractivity contribution is -0.138. The average molecular weight is 475 g/mol. The minimum atomic E-state index is -1.18. The molecule has 3 rings (SSSR count). The number of ether oxygens (including phenoxy) is 1. The lowest BCUT2D eigenvalue weighted by Gasteiger charge is -2.16. The Balaban J connectivity index is 1.90. The van der Waals surface area contributed by atoms with Crippen LogP contribution in [-0.2, 0) is 4.79 Å². The molecule has 0 unspecified atom stereocenters. The lowest BCUT2D eigenvalue weighted by Crippen LogP contribution is -2.30. The number of hydrogen-bond acceptors (Lipinski definition) is 6. The highest BCUT2D eigenvalue weighted by atomic mass is 19.1. The number of nitrogen functional groups attached to an aromatic ring is 1. The van der Waals surface area contributed by atoms with Gasteiger partial charge in [0, 0.05) is 23.8 Å². The maximum atomic E-state index is 14.8. The Morgan fingerprint density at radius 1 is 1.03 bits per heavy atom. The summed E-state index contributed by atoms with van der Waals surface area (Å²) >= 11 is 0. The molecule has 8 nitrogen and oxygen atoms in total. The fourth-order valence-corrected chi connectivity index (χ4v) is 3.19. The van der Waals surface area contributed by atoms with Crippen LogP contribution in [0.4, 0.5) is 19.0 Å². The lowest BCUT2D eigenvalue weighted by atomic mass is 10.0. The molecule has 0 saturated heterocycles. The highest BCUT2D eigenvalue weighted by Crippen LogP contribution is 2.27. The van der Waals surface area contributed by atoms with E-state index in [9.17, 15) is 27.6 Å². The maximum absolute atomic E-state index is 14.8. The van der Waals surface area contributed by atoms with Gasteiger partial charge in [0.1, 0.15) is 29.1 Å². The molecule has 2 aromatic carbocycles. The Bertz CT molecular complexity index is 1270. The number of anilines is 1. The van der Waals surface area contributed by atoms with Crippen molar-refractivity contribution in [2.75, 3.05) is 12.3 Å². The summed E-state index contributed by atoms with van der Waals surface area (Å²) in [5.41, 5.74) is 9.49. The minimum absolute atomic E-state index is 0.0526. The third kappa shape index (κ3) is 5.26. The number of carboxylic acids is 1. The van der Waals surface area contributed by atoms with Gasteiger partial charge in [-0.3, -0.25) is 19.0 Å². The van der Waals surface area contributed by atoms with Gasteiger partial charge in [-0.25, -0.2) is 13.2 Å². The molecule has 5 N–H and O–H groups in total. The number of rotatable bonds is 9. The van der Waals surface area contributed by atoms with Crippen molar-refractivity contribution in [3.05, 3.63) is 87.5 Å². The average Bonchev–Trinajstić information content (AvgIpc) is 2.78. The van der Waals surface area contributed by atoms with E-state index in [1.807, 2.05) is 0 Å². The van der Waals surface area contributed by atoms with Crippen molar-refractivity contribution in [3.8, 4) is 11.4 Å². The number of aliphatic carboxylic acids is 1. The van der Waals surface area contributed by atoms with Crippen LogP contribution in [0.2, 0.25) is 0 Å². The van der Waals surface area contributed by atoms with Gasteiger partial charge < -0.3 is 21.3 Å². The molecule has 178 valence electrons. The Morgan fingerprint density at radius 3 is 2.24 bits per heavy atom. The van der Waals surface area contributed by atoms with Crippen LogP contribution in [0.15, 0.2) is 53.3 Å². The number of ketones is 1. The summed E-state index contributed by atoms with van der Waals surface area (Å²) in [5.74, 6) is -5.49. The van der Waals surface area contributed by atoms with Crippen LogP contribution in [0.1, 0.15) is 28.8 Å². The number of nitrogens with two attached hydrogens (primary N) is 2. The number of carbonyl (C=O) groups is 2. The van der Waals surface area contributed by atoms with Gasteiger partial charge in [0.15, 0.2) is 17.4 Å². The second-order valence-corrected chi connectivity index (χ2v) is 7.31. The summed E-state index contributed by atoms with van der Waals surface area (Å²) in [7, 11) is 0. The van der Waals surface area contributed by atoms with Crippen LogP contribution in [0.3, 0.4) is 0 Å². The third-order valence-corrected chi connectivity index (χ3v) is 4.94. The molecule has 1 aromatic heterocycles. The Kier molecular flexibility index (Phi) is 7.37. The largest absolute Gasteiger partial charge is 0.493 e. The van der Waals surface area contributed by atoms with Crippen molar-refractivity contribution in [2.24, 2.45) is 5.73 Å². The Morgan fingerprint density at radius 2 is 1.65 bits per heavy atom. The van der Waals surface area contributed by atoms with E-state index in [4.69, 9.17) is 21.3 Å². The smallest absolute Gasteiger partial charge is 0.320 e. The molecule has 0 saturated carbocycles. The van der Waals surface area contributed by atoms with Gasteiger partial charge in [-0.05, 0) is 43.2 Å². The Hall–Kier alpha value is -4.12. The van der Waals surface area contributed by atoms with Crippen LogP contribution in [0.25, 0.3) is 5.69 Å². The van der Waals surface area contributed by atoms with E-state index < -0.39 is 52.3 Å². The molecule has 0 fully saturated rings. The van der Waals surface area contributed by atoms with E-state index in [1.165, 1.54) is 12.1 Å². The molecule has 1 atom stereocenters. The molecule has 1 heterocycles. The van der Waals surface area contributed by atoms with Crippen molar-refractivity contribution in [1.29, 1.82) is 0 Å². The number of carbonyl (C=O) groups excluding carboxylic acids is 1. The van der Waals surface area contributed by atoms with Gasteiger partial charge in [-0.15, -0.1) is 0 Å². The summed E-state index contributed by atoms with van der Waals surface area (Å²) in [4.78, 5) is 35.9. The first-order valence-electron chi connectivity index (χ1n) is 10.0. The van der Waals surface area contributed by atoms with E-state index >= 15 is 0 Å². The summed E-state index contributed by atoms with van der Waals surface area (Å²) in [5, 5.41) is 8.75. The van der Waals surface area contributed by atoms with E-state index in [0.29, 0.717) is 4.57 Å². The molecular formula is C23H20F3N3O5. The van der Waals surface area contributed by atoms with Gasteiger partial charge in [-0.1, -0.05) is 0 Å². The summed E-state index contributed by atoms with van der Waals surface area (Å²) in [6.45, 7) is -0.0526. The number of pyridine rings is 1. The van der Waals surface area contributed by atoms with Crippen LogP contribution in [-0.4, -0.2) is 34.1 Å². The number of carboxylic acid groups (broad SMARTS) is 1. The second-order valence-electron chi connectivity index (χ2n) is 7.31. The van der Waals surface area contributed by atoms with Crippen molar-refractivity contribution in [2.45, 2.75) is 18.9 Å². The molecular weight excluding hydrogens is 455 g/mol. The zero-order valence-corrected chi connectivity index (χ0v) is 17.6. The quantitative estimate of drug-likeness (QED) is 0.320. The van der Waals surface area contributed by atoms with E-state index in [0.717, 1.165) is 36.4 Å². The van der Waals surface area contributed by atoms with Crippen LogP contribution in [0.5, 0.6) is 5.75 Å². The number of benzene rings is 2. The SMILES string of the molecule is Nc1c(C(=O)c2ccc(F)cc2)ccc(=O)n1-c1c(F)cc(OCCC[C@H](N)C(=O)O)cc1F. The molecule has 3 aromatic rings. The predicted molar refractivity (Wildman–Crippen MR) is 117 cm³/mol. The van der Waals surface area contributed by atoms with Crippen molar-refractivity contribution >= 4 is 17.6 Å². The summed E-state index contributed by atoms with van der Waals surface area (Å²) in [6.07, 6.45) is 0.317. The van der Waals surface area contributed by atoms with Gasteiger partial charge in [0.2, 0.25) is 0 Å². The number of aromatic nitrogens is 1. The van der Waals surface area contributed by atoms with Crippen LogP contribution >= 0.6 is 0 Å². The van der Waals surface area contributed by atoms with Gasteiger partial charge >= 0.3 is 5.97 Å². The molecule has 0 spiro atoms. The minimum Gasteiger partial charge on any atom is -0.493 e. The van der Waals surface area contributed by atoms with Crippen molar-refractivity contribution in [3.63, 3.8) is 0 Å². The first kappa shape index (κ1) is 24.5. The first-order valence-corrected chi connectivity index (χ1v) is 10.0. The third-order valence-electron chi connectivity index (χ3n) is 4.94. The van der Waals surface area contributed by atoms with Gasteiger partial charge in [0.25, 0.3) is 5.56 Å². The molecule has 34 heavy (non-hydrogen) atoms. The van der Waals surface area contributed by atoms with E-state index in [1.54, 1.807) is 0 Å². The topological polar surface area (TPSA) is 138 Å². The van der Waals surface area contributed by atoms with Gasteiger partial charge in [0.05, 0.1) is 12.2 Å². The number of halogens is 3. The van der Waals surface area contributed by atoms with E-state index in [-0.39, 0.29) is 36.3 Å².